The molecular weight excluding hydrogens is 414 g/mol. The second-order valence-corrected chi connectivity index (χ2v) is 7.40. The summed E-state index contributed by atoms with van der Waals surface area (Å²) < 4.78 is 15.4. The molecule has 0 aliphatic carbocycles. The van der Waals surface area contributed by atoms with Crippen LogP contribution in [0.25, 0.3) is 6.08 Å². The number of piperidine rings is 1. The lowest BCUT2D eigenvalue weighted by molar-refractivity contribution is -0.122. The number of hydrogen-bond acceptors (Lipinski definition) is 6. The summed E-state index contributed by atoms with van der Waals surface area (Å²) in [6.45, 7) is 3.69. The Labute approximate surface area is 189 Å². The van der Waals surface area contributed by atoms with Crippen molar-refractivity contribution in [3.05, 3.63) is 29.8 Å². The topological polar surface area (TPSA) is 106 Å². The van der Waals surface area contributed by atoms with E-state index in [1.165, 1.54) is 6.08 Å². The van der Waals surface area contributed by atoms with E-state index in [2.05, 4.69) is 10.6 Å². The molecule has 0 spiro atoms. The zero-order valence-corrected chi connectivity index (χ0v) is 19.0. The van der Waals surface area contributed by atoms with Gasteiger partial charge in [-0.2, -0.15) is 0 Å². The van der Waals surface area contributed by atoms with Gasteiger partial charge in [0.05, 0.1) is 20.8 Å². The van der Waals surface area contributed by atoms with E-state index in [1.54, 1.807) is 50.3 Å². The number of amides is 3. The molecule has 0 unspecified atom stereocenters. The number of methoxy groups -OCH3 is 2. The Kier molecular flexibility index (Phi) is 10.4. The first-order valence-corrected chi connectivity index (χ1v) is 10.8. The number of nitrogens with zero attached hydrogens (tertiary/aromatic N) is 1. The fourth-order valence-electron chi connectivity index (χ4n) is 3.34. The maximum atomic E-state index is 12.1. The van der Waals surface area contributed by atoms with E-state index >= 15 is 0 Å². The highest BCUT2D eigenvalue weighted by atomic mass is 16.6. The van der Waals surface area contributed by atoms with Gasteiger partial charge >= 0.3 is 6.09 Å². The Morgan fingerprint density at radius 2 is 1.75 bits per heavy atom. The van der Waals surface area contributed by atoms with Crippen LogP contribution in [0.5, 0.6) is 11.5 Å². The molecule has 1 heterocycles. The van der Waals surface area contributed by atoms with Gasteiger partial charge in [-0.3, -0.25) is 9.59 Å². The number of ether oxygens (including phenoxy) is 3. The molecule has 2 rings (SSSR count). The Morgan fingerprint density at radius 1 is 1.09 bits per heavy atom. The van der Waals surface area contributed by atoms with Crippen LogP contribution in [-0.2, 0) is 14.3 Å². The lowest BCUT2D eigenvalue weighted by Crippen LogP contribution is -2.46. The predicted octanol–water partition coefficient (Wildman–Crippen LogP) is 2.35. The summed E-state index contributed by atoms with van der Waals surface area (Å²) in [5.41, 5.74) is 0.782. The molecule has 0 aromatic heterocycles. The molecule has 0 saturated carbocycles. The summed E-state index contributed by atoms with van der Waals surface area (Å²) in [4.78, 5) is 37.5. The highest BCUT2D eigenvalue weighted by Gasteiger charge is 2.24. The lowest BCUT2D eigenvalue weighted by Gasteiger charge is -2.31. The summed E-state index contributed by atoms with van der Waals surface area (Å²) in [5.74, 6) is 0.996. The van der Waals surface area contributed by atoms with Crippen molar-refractivity contribution in [3.63, 3.8) is 0 Å². The predicted molar refractivity (Wildman–Crippen MR) is 121 cm³/mol. The highest BCUT2D eigenvalue weighted by Crippen LogP contribution is 2.23. The average molecular weight is 448 g/mol. The summed E-state index contributed by atoms with van der Waals surface area (Å²) in [6.07, 6.45) is 5.10. The fourth-order valence-corrected chi connectivity index (χ4v) is 3.34. The van der Waals surface area contributed by atoms with Crippen LogP contribution in [0.4, 0.5) is 4.79 Å². The Morgan fingerprint density at radius 3 is 2.34 bits per heavy atom. The standard InChI is InChI=1S/C23H33N3O6/c1-4-32-23(29)26-12-9-18(10-13-26)25-22(28)6-5-11-24-21(27)8-7-17-14-19(30-2)16-20(15-17)31-3/h7-8,14-16,18H,4-6,9-13H2,1-3H3,(H,24,27)(H,25,28)/b8-7+. The second-order valence-electron chi connectivity index (χ2n) is 7.40. The van der Waals surface area contributed by atoms with Crippen LogP contribution in [-0.4, -0.2) is 69.3 Å². The molecule has 1 aliphatic rings. The summed E-state index contributed by atoms with van der Waals surface area (Å²) >= 11 is 0. The highest BCUT2D eigenvalue weighted by molar-refractivity contribution is 5.91. The van der Waals surface area contributed by atoms with Crippen LogP contribution < -0.4 is 20.1 Å². The number of rotatable bonds is 10. The lowest BCUT2D eigenvalue weighted by atomic mass is 10.1. The first kappa shape index (κ1) is 25.0. The minimum absolute atomic E-state index is 0.0483. The first-order chi connectivity index (χ1) is 15.4. The third-order valence-electron chi connectivity index (χ3n) is 5.07. The van der Waals surface area contributed by atoms with Crippen LogP contribution in [0.15, 0.2) is 24.3 Å². The van der Waals surface area contributed by atoms with E-state index in [1.807, 2.05) is 0 Å². The van der Waals surface area contributed by atoms with Gasteiger partial charge in [0, 0.05) is 44.2 Å². The number of carbonyl (C=O) groups is 3. The SMILES string of the molecule is CCOC(=O)N1CCC(NC(=O)CCCNC(=O)/C=C/c2cc(OC)cc(OC)c2)CC1. The molecule has 9 heteroatoms. The summed E-state index contributed by atoms with van der Waals surface area (Å²) in [6, 6.07) is 5.42. The molecule has 9 nitrogen and oxygen atoms in total. The molecule has 3 amide bonds. The molecule has 0 bridgehead atoms. The van der Waals surface area contributed by atoms with Crippen molar-refractivity contribution >= 4 is 24.0 Å². The summed E-state index contributed by atoms with van der Waals surface area (Å²) in [5, 5.41) is 5.77. The van der Waals surface area contributed by atoms with Crippen molar-refractivity contribution in [1.82, 2.24) is 15.5 Å². The van der Waals surface area contributed by atoms with Gasteiger partial charge in [0.2, 0.25) is 11.8 Å². The average Bonchev–Trinajstić information content (AvgIpc) is 2.80. The molecule has 32 heavy (non-hydrogen) atoms. The van der Waals surface area contributed by atoms with Crippen molar-refractivity contribution in [1.29, 1.82) is 0 Å². The van der Waals surface area contributed by atoms with Gasteiger partial charge in [-0.1, -0.05) is 0 Å². The Bertz CT molecular complexity index is 781. The van der Waals surface area contributed by atoms with Crippen LogP contribution in [0.3, 0.4) is 0 Å². The van der Waals surface area contributed by atoms with E-state index in [-0.39, 0.29) is 23.9 Å². The minimum Gasteiger partial charge on any atom is -0.497 e. The molecular formula is C23H33N3O6. The molecule has 0 radical (unpaired) electrons. The number of hydrogen-bond donors (Lipinski definition) is 2. The van der Waals surface area contributed by atoms with Crippen molar-refractivity contribution in [3.8, 4) is 11.5 Å². The number of likely N-dealkylation sites (tertiary alicyclic amines) is 1. The third-order valence-corrected chi connectivity index (χ3v) is 5.07. The molecule has 1 aliphatic heterocycles. The Balaban J connectivity index is 1.64. The molecule has 1 fully saturated rings. The number of carbonyl (C=O) groups excluding carboxylic acids is 3. The van der Waals surface area contributed by atoms with Crippen LogP contribution in [0.2, 0.25) is 0 Å². The van der Waals surface area contributed by atoms with Gasteiger partial charge in [-0.15, -0.1) is 0 Å². The van der Waals surface area contributed by atoms with Crippen molar-refractivity contribution in [2.24, 2.45) is 0 Å². The zero-order valence-electron chi connectivity index (χ0n) is 19.0. The Hall–Kier alpha value is -3.23. The van der Waals surface area contributed by atoms with E-state index in [0.29, 0.717) is 63.4 Å². The molecule has 0 atom stereocenters. The van der Waals surface area contributed by atoms with E-state index in [9.17, 15) is 14.4 Å². The monoisotopic (exact) mass is 447 g/mol. The van der Waals surface area contributed by atoms with Crippen molar-refractivity contribution < 1.29 is 28.6 Å². The van der Waals surface area contributed by atoms with Crippen LogP contribution in [0.1, 0.15) is 38.2 Å². The zero-order chi connectivity index (χ0) is 23.3. The maximum Gasteiger partial charge on any atom is 0.409 e. The normalized spacial score (nSPS) is 14.2. The summed E-state index contributed by atoms with van der Waals surface area (Å²) in [7, 11) is 3.13. The van der Waals surface area contributed by atoms with Gasteiger partial charge in [-0.25, -0.2) is 4.79 Å². The first-order valence-electron chi connectivity index (χ1n) is 10.8. The fraction of sp³-hybridized carbons (Fsp3) is 0.522. The molecule has 1 aromatic carbocycles. The largest absolute Gasteiger partial charge is 0.497 e. The molecule has 176 valence electrons. The van der Waals surface area contributed by atoms with Gasteiger partial charge in [0.15, 0.2) is 0 Å². The second kappa shape index (κ2) is 13.2. The maximum absolute atomic E-state index is 12.1. The van der Waals surface area contributed by atoms with Crippen LogP contribution >= 0.6 is 0 Å². The smallest absolute Gasteiger partial charge is 0.409 e. The third kappa shape index (κ3) is 8.49. The number of benzene rings is 1. The van der Waals surface area contributed by atoms with Gasteiger partial charge < -0.3 is 29.7 Å². The van der Waals surface area contributed by atoms with Crippen molar-refractivity contribution in [2.45, 2.75) is 38.6 Å². The quantitative estimate of drug-likeness (QED) is 0.421. The van der Waals surface area contributed by atoms with Crippen molar-refractivity contribution in [2.75, 3.05) is 40.5 Å². The van der Waals surface area contributed by atoms with Crippen LogP contribution in [0, 0.1) is 0 Å². The van der Waals surface area contributed by atoms with E-state index in [0.717, 1.165) is 5.56 Å². The molecule has 1 saturated heterocycles. The minimum atomic E-state index is -0.299. The van der Waals surface area contributed by atoms with Gasteiger partial charge in [-0.05, 0) is 50.0 Å². The van der Waals surface area contributed by atoms with Gasteiger partial charge in [0.1, 0.15) is 11.5 Å². The number of nitrogens with one attached hydrogen (secondary N) is 2. The van der Waals surface area contributed by atoms with E-state index < -0.39 is 0 Å². The van der Waals surface area contributed by atoms with E-state index in [4.69, 9.17) is 14.2 Å². The molecule has 2 N–H and O–H groups in total. The molecule has 1 aromatic rings. The van der Waals surface area contributed by atoms with Gasteiger partial charge in [0.25, 0.3) is 0 Å².